The highest BCUT2D eigenvalue weighted by Gasteiger charge is 2.30. The molecule has 4 rings (SSSR count). The summed E-state index contributed by atoms with van der Waals surface area (Å²) >= 11 is 0. The molecule has 0 fully saturated rings. The van der Waals surface area contributed by atoms with Gasteiger partial charge in [0, 0.05) is 19.6 Å². The highest BCUT2D eigenvalue weighted by atomic mass is 19.4. The van der Waals surface area contributed by atoms with Crippen molar-refractivity contribution in [1.82, 2.24) is 4.90 Å². The number of fused-ring (bicyclic) bond motifs is 1. The van der Waals surface area contributed by atoms with Gasteiger partial charge in [0.05, 0.1) is 5.56 Å². The number of alkyl halides is 3. The molecule has 1 heterocycles. The van der Waals surface area contributed by atoms with Gasteiger partial charge in [-0.05, 0) is 77.4 Å². The van der Waals surface area contributed by atoms with Crippen molar-refractivity contribution in [2.75, 3.05) is 19.6 Å². The number of rotatable bonds is 4. The number of aryl methyl sites for hydroxylation is 2. The first-order valence-corrected chi connectivity index (χ1v) is 10.4. The minimum Gasteiger partial charge on any atom is -0.299 e. The van der Waals surface area contributed by atoms with Crippen molar-refractivity contribution in [3.8, 4) is 0 Å². The Morgan fingerprint density at radius 3 is 2.37 bits per heavy atom. The van der Waals surface area contributed by atoms with Gasteiger partial charge in [0.2, 0.25) is 0 Å². The minimum absolute atomic E-state index is 0.579. The lowest BCUT2D eigenvalue weighted by Crippen LogP contribution is -2.30. The summed E-state index contributed by atoms with van der Waals surface area (Å²) in [5.74, 6) is 0. The Morgan fingerprint density at radius 1 is 0.900 bits per heavy atom. The topological polar surface area (TPSA) is 3.24 Å². The fourth-order valence-electron chi connectivity index (χ4n) is 4.09. The van der Waals surface area contributed by atoms with Crippen molar-refractivity contribution < 1.29 is 13.2 Å². The van der Waals surface area contributed by atoms with E-state index in [1.165, 1.54) is 39.6 Å². The maximum absolute atomic E-state index is 13.0. The van der Waals surface area contributed by atoms with Gasteiger partial charge < -0.3 is 0 Å². The summed E-state index contributed by atoms with van der Waals surface area (Å²) in [6, 6.07) is 16.8. The van der Waals surface area contributed by atoms with Gasteiger partial charge in [0.1, 0.15) is 0 Å². The summed E-state index contributed by atoms with van der Waals surface area (Å²) in [4.78, 5) is 2.36. The van der Waals surface area contributed by atoms with Crippen molar-refractivity contribution >= 4 is 16.3 Å². The van der Waals surface area contributed by atoms with Crippen molar-refractivity contribution in [2.45, 2.75) is 32.9 Å². The molecule has 0 aromatic heterocycles. The summed E-state index contributed by atoms with van der Waals surface area (Å²) in [7, 11) is 0. The highest BCUT2D eigenvalue weighted by Crippen LogP contribution is 2.32. The van der Waals surface area contributed by atoms with Crippen LogP contribution in [0.5, 0.6) is 0 Å². The molecule has 0 N–H and O–H groups in total. The van der Waals surface area contributed by atoms with E-state index in [-0.39, 0.29) is 0 Å². The van der Waals surface area contributed by atoms with Crippen LogP contribution in [0.25, 0.3) is 16.3 Å². The van der Waals surface area contributed by atoms with Crippen molar-refractivity contribution in [3.63, 3.8) is 0 Å². The Balaban J connectivity index is 1.40. The van der Waals surface area contributed by atoms with Crippen LogP contribution >= 0.6 is 0 Å². The third-order valence-electron chi connectivity index (χ3n) is 6.09. The Hall–Kier alpha value is -2.59. The molecule has 0 saturated heterocycles. The maximum atomic E-state index is 13.0. The van der Waals surface area contributed by atoms with Crippen LogP contribution < -0.4 is 0 Å². The van der Waals surface area contributed by atoms with E-state index in [4.69, 9.17) is 0 Å². The minimum atomic E-state index is -4.30. The van der Waals surface area contributed by atoms with E-state index in [1.807, 2.05) is 0 Å². The third kappa shape index (κ3) is 4.59. The van der Waals surface area contributed by atoms with E-state index in [9.17, 15) is 13.2 Å². The van der Waals surface area contributed by atoms with Crippen LogP contribution in [-0.4, -0.2) is 24.5 Å². The van der Waals surface area contributed by atoms with Gasteiger partial charge >= 0.3 is 6.18 Å². The first kappa shape index (κ1) is 20.7. The van der Waals surface area contributed by atoms with Crippen molar-refractivity contribution in [2.24, 2.45) is 0 Å². The molecule has 1 aliphatic heterocycles. The second kappa shape index (κ2) is 8.27. The zero-order valence-electron chi connectivity index (χ0n) is 17.4. The molecule has 0 amide bonds. The van der Waals surface area contributed by atoms with Gasteiger partial charge in [0.15, 0.2) is 0 Å². The summed E-state index contributed by atoms with van der Waals surface area (Å²) < 4.78 is 38.9. The molecule has 1 nitrogen and oxygen atoms in total. The molecule has 4 heteroatoms. The van der Waals surface area contributed by atoms with Crippen LogP contribution in [0.1, 0.15) is 34.2 Å². The predicted molar refractivity (Wildman–Crippen MR) is 118 cm³/mol. The van der Waals surface area contributed by atoms with E-state index >= 15 is 0 Å². The monoisotopic (exact) mass is 409 g/mol. The summed E-state index contributed by atoms with van der Waals surface area (Å²) in [5, 5.41) is 2.55. The van der Waals surface area contributed by atoms with E-state index in [1.54, 1.807) is 6.07 Å². The second-order valence-corrected chi connectivity index (χ2v) is 8.23. The molecule has 0 bridgehead atoms. The van der Waals surface area contributed by atoms with Gasteiger partial charge in [-0.25, -0.2) is 0 Å². The first-order valence-electron chi connectivity index (χ1n) is 10.4. The van der Waals surface area contributed by atoms with Crippen LogP contribution in [0.2, 0.25) is 0 Å². The molecule has 0 radical (unpaired) electrons. The Morgan fingerprint density at radius 2 is 1.67 bits per heavy atom. The molecule has 3 aromatic carbocycles. The van der Waals surface area contributed by atoms with E-state index < -0.39 is 11.7 Å². The SMILES string of the molecule is Cc1cc2ccc(CCN3CC=C(c4cccc(C(F)(F)F)c4)CC3)cc2cc1C. The lowest BCUT2D eigenvalue weighted by Gasteiger charge is -2.26. The molecule has 30 heavy (non-hydrogen) atoms. The quantitative estimate of drug-likeness (QED) is 0.458. The number of nitrogens with zero attached hydrogens (tertiary/aromatic N) is 1. The Kier molecular flexibility index (Phi) is 5.70. The van der Waals surface area contributed by atoms with Crippen LogP contribution in [-0.2, 0) is 12.6 Å². The van der Waals surface area contributed by atoms with Crippen molar-refractivity contribution in [3.05, 3.63) is 88.5 Å². The molecule has 1 aliphatic rings. The number of hydrogen-bond acceptors (Lipinski definition) is 1. The molecule has 0 aliphatic carbocycles. The molecule has 156 valence electrons. The molecule has 3 aromatic rings. The van der Waals surface area contributed by atoms with Gasteiger partial charge in [0.25, 0.3) is 0 Å². The van der Waals surface area contributed by atoms with E-state index in [0.29, 0.717) is 5.56 Å². The maximum Gasteiger partial charge on any atom is 0.416 e. The lowest BCUT2D eigenvalue weighted by molar-refractivity contribution is -0.137. The smallest absolute Gasteiger partial charge is 0.299 e. The largest absolute Gasteiger partial charge is 0.416 e. The molecular weight excluding hydrogens is 383 g/mol. The standard InChI is InChI=1S/C26H26F3N/c1-18-14-23-7-6-20(16-24(23)15-19(18)2)8-11-30-12-9-21(10-13-30)22-4-3-5-25(17-22)26(27,28)29/h3-7,9,14-17H,8,10-13H2,1-2H3. The number of halogens is 3. The third-order valence-corrected chi connectivity index (χ3v) is 6.09. The van der Waals surface area contributed by atoms with Crippen LogP contribution in [0.4, 0.5) is 13.2 Å². The van der Waals surface area contributed by atoms with E-state index in [2.05, 4.69) is 55.2 Å². The second-order valence-electron chi connectivity index (χ2n) is 8.23. The fraction of sp³-hybridized carbons (Fsp3) is 0.308. The first-order chi connectivity index (χ1) is 14.3. The van der Waals surface area contributed by atoms with Gasteiger partial charge in [-0.15, -0.1) is 0 Å². The molecule has 0 saturated carbocycles. The predicted octanol–water partition coefficient (Wildman–Crippen LogP) is 6.81. The Labute approximate surface area is 175 Å². The zero-order chi connectivity index (χ0) is 21.3. The highest BCUT2D eigenvalue weighted by molar-refractivity contribution is 5.84. The molecule has 0 spiro atoms. The summed E-state index contributed by atoms with van der Waals surface area (Å²) in [5.41, 5.74) is 5.05. The average molecular weight is 409 g/mol. The molecule has 0 atom stereocenters. The van der Waals surface area contributed by atoms with Gasteiger partial charge in [-0.3, -0.25) is 4.90 Å². The zero-order valence-corrected chi connectivity index (χ0v) is 17.4. The van der Waals surface area contributed by atoms with Crippen LogP contribution in [0.3, 0.4) is 0 Å². The normalized spacial score (nSPS) is 15.4. The lowest BCUT2D eigenvalue weighted by atomic mass is 9.97. The van der Waals surface area contributed by atoms with Gasteiger partial charge in [-0.2, -0.15) is 13.2 Å². The number of hydrogen-bond donors (Lipinski definition) is 0. The summed E-state index contributed by atoms with van der Waals surface area (Å²) in [6.07, 6.45) is -0.479. The van der Waals surface area contributed by atoms with E-state index in [0.717, 1.165) is 44.1 Å². The number of benzene rings is 3. The van der Waals surface area contributed by atoms with Crippen LogP contribution in [0, 0.1) is 13.8 Å². The van der Waals surface area contributed by atoms with Gasteiger partial charge in [-0.1, -0.05) is 48.5 Å². The van der Waals surface area contributed by atoms with Crippen molar-refractivity contribution in [1.29, 1.82) is 0 Å². The molecule has 0 unspecified atom stereocenters. The fourth-order valence-corrected chi connectivity index (χ4v) is 4.09. The molecular formula is C26H26F3N. The summed E-state index contributed by atoms with van der Waals surface area (Å²) in [6.45, 7) is 6.87. The average Bonchev–Trinajstić information content (AvgIpc) is 2.73. The van der Waals surface area contributed by atoms with Crippen LogP contribution in [0.15, 0.2) is 60.7 Å². The Bertz CT molecular complexity index is 1100.